The van der Waals surface area contributed by atoms with Crippen LogP contribution < -0.4 is 10.1 Å². The summed E-state index contributed by atoms with van der Waals surface area (Å²) in [6, 6.07) is 12.0. The zero-order valence-electron chi connectivity index (χ0n) is 13.7. The Bertz CT molecular complexity index is 677. The van der Waals surface area contributed by atoms with Crippen LogP contribution in [0.15, 0.2) is 36.4 Å². The van der Waals surface area contributed by atoms with E-state index in [0.29, 0.717) is 13.2 Å². The van der Waals surface area contributed by atoms with Crippen LogP contribution >= 0.6 is 0 Å². The number of carbonyl (C=O) groups is 1. The van der Waals surface area contributed by atoms with E-state index in [-0.39, 0.29) is 5.91 Å². The normalized spacial score (nSPS) is 10.4. The molecule has 0 aliphatic rings. The number of amides is 1. The lowest BCUT2D eigenvalue weighted by Crippen LogP contribution is -2.28. The van der Waals surface area contributed by atoms with Gasteiger partial charge in [0.25, 0.3) is 5.91 Å². The Hall–Kier alpha value is -2.29. The van der Waals surface area contributed by atoms with Gasteiger partial charge < -0.3 is 10.1 Å². The van der Waals surface area contributed by atoms with Crippen molar-refractivity contribution in [2.75, 3.05) is 13.2 Å². The van der Waals surface area contributed by atoms with Gasteiger partial charge in [0.2, 0.25) is 0 Å². The molecule has 2 rings (SSSR count). The molecule has 0 saturated heterocycles. The molecule has 3 nitrogen and oxygen atoms in total. The Morgan fingerprint density at radius 3 is 2.36 bits per heavy atom. The average molecular weight is 297 g/mol. The van der Waals surface area contributed by atoms with Crippen molar-refractivity contribution in [2.45, 2.75) is 27.7 Å². The third kappa shape index (κ3) is 4.10. The van der Waals surface area contributed by atoms with Crippen molar-refractivity contribution >= 4 is 5.91 Å². The molecule has 0 bridgehead atoms. The maximum atomic E-state index is 12.1. The highest BCUT2D eigenvalue weighted by Gasteiger charge is 2.08. The van der Waals surface area contributed by atoms with Crippen LogP contribution in [0.4, 0.5) is 0 Å². The minimum absolute atomic E-state index is 0.0536. The van der Waals surface area contributed by atoms with Gasteiger partial charge in [0.05, 0.1) is 6.54 Å². The molecule has 0 radical (unpaired) electrons. The van der Waals surface area contributed by atoms with Gasteiger partial charge in [-0.15, -0.1) is 0 Å². The summed E-state index contributed by atoms with van der Waals surface area (Å²) in [4.78, 5) is 12.1. The molecule has 0 aliphatic carbocycles. The predicted molar refractivity (Wildman–Crippen MR) is 89.7 cm³/mol. The monoisotopic (exact) mass is 297 g/mol. The number of nitrogens with one attached hydrogen (secondary N) is 1. The fourth-order valence-corrected chi connectivity index (χ4v) is 2.35. The molecule has 0 aromatic heterocycles. The molecular weight excluding hydrogens is 274 g/mol. The molecule has 2 aromatic rings. The molecule has 2 aromatic carbocycles. The number of hydrogen-bond donors (Lipinski definition) is 1. The first-order valence-electron chi connectivity index (χ1n) is 7.53. The molecule has 0 unspecified atom stereocenters. The Balaban J connectivity index is 1.86. The Kier molecular flexibility index (Phi) is 5.21. The van der Waals surface area contributed by atoms with E-state index in [1.807, 2.05) is 58.0 Å². The zero-order chi connectivity index (χ0) is 16.1. The first-order valence-corrected chi connectivity index (χ1v) is 7.53. The summed E-state index contributed by atoms with van der Waals surface area (Å²) in [5, 5.41) is 2.90. The lowest BCUT2D eigenvalue weighted by atomic mass is 10.1. The summed E-state index contributed by atoms with van der Waals surface area (Å²) in [6.45, 7) is 8.97. The summed E-state index contributed by atoms with van der Waals surface area (Å²) in [6.07, 6.45) is 0. The van der Waals surface area contributed by atoms with Gasteiger partial charge in [0, 0.05) is 5.56 Å². The second-order valence-corrected chi connectivity index (χ2v) is 5.69. The van der Waals surface area contributed by atoms with Crippen LogP contribution in [-0.4, -0.2) is 19.1 Å². The standard InChI is InChI=1S/C19H23NO2/c1-13-6-8-17(16(4)11-13)19(21)20-9-10-22-18-12-14(2)5-7-15(18)3/h5-8,11-12H,9-10H2,1-4H3,(H,20,21). The molecule has 0 saturated carbocycles. The summed E-state index contributed by atoms with van der Waals surface area (Å²) in [5.41, 5.74) is 5.14. The van der Waals surface area contributed by atoms with E-state index >= 15 is 0 Å². The van der Waals surface area contributed by atoms with Crippen molar-refractivity contribution in [2.24, 2.45) is 0 Å². The van der Waals surface area contributed by atoms with E-state index in [9.17, 15) is 4.79 Å². The number of benzene rings is 2. The Labute approximate surface area is 132 Å². The van der Waals surface area contributed by atoms with Crippen molar-refractivity contribution in [3.05, 3.63) is 64.2 Å². The lowest BCUT2D eigenvalue weighted by molar-refractivity contribution is 0.0946. The van der Waals surface area contributed by atoms with Crippen LogP contribution in [0.3, 0.4) is 0 Å². The van der Waals surface area contributed by atoms with Gasteiger partial charge in [-0.2, -0.15) is 0 Å². The largest absolute Gasteiger partial charge is 0.491 e. The maximum Gasteiger partial charge on any atom is 0.251 e. The highest BCUT2D eigenvalue weighted by molar-refractivity contribution is 5.95. The van der Waals surface area contributed by atoms with Gasteiger partial charge in [-0.05, 0) is 56.5 Å². The molecule has 0 atom stereocenters. The van der Waals surface area contributed by atoms with E-state index in [0.717, 1.165) is 28.0 Å². The fraction of sp³-hybridized carbons (Fsp3) is 0.316. The number of carbonyl (C=O) groups excluding carboxylic acids is 1. The molecule has 0 spiro atoms. The van der Waals surface area contributed by atoms with Gasteiger partial charge >= 0.3 is 0 Å². The minimum atomic E-state index is -0.0536. The van der Waals surface area contributed by atoms with Crippen molar-refractivity contribution < 1.29 is 9.53 Å². The molecular formula is C19H23NO2. The predicted octanol–water partition coefficient (Wildman–Crippen LogP) is 3.73. The number of ether oxygens (including phenoxy) is 1. The number of aryl methyl sites for hydroxylation is 4. The molecule has 3 heteroatoms. The fourth-order valence-electron chi connectivity index (χ4n) is 2.35. The molecule has 22 heavy (non-hydrogen) atoms. The van der Waals surface area contributed by atoms with Crippen LogP contribution in [0, 0.1) is 27.7 Å². The minimum Gasteiger partial charge on any atom is -0.491 e. The van der Waals surface area contributed by atoms with Crippen molar-refractivity contribution in [3.63, 3.8) is 0 Å². The van der Waals surface area contributed by atoms with Crippen molar-refractivity contribution in [1.82, 2.24) is 5.32 Å². The molecule has 116 valence electrons. The Morgan fingerprint density at radius 1 is 0.955 bits per heavy atom. The van der Waals surface area contributed by atoms with Crippen LogP contribution in [0.1, 0.15) is 32.6 Å². The molecule has 1 amide bonds. The summed E-state index contributed by atoms with van der Waals surface area (Å²) in [7, 11) is 0. The maximum absolute atomic E-state index is 12.1. The quantitative estimate of drug-likeness (QED) is 0.854. The van der Waals surface area contributed by atoms with E-state index in [2.05, 4.69) is 11.4 Å². The van der Waals surface area contributed by atoms with Gasteiger partial charge in [-0.1, -0.05) is 29.8 Å². The van der Waals surface area contributed by atoms with Gasteiger partial charge in [-0.3, -0.25) is 4.79 Å². The van der Waals surface area contributed by atoms with Gasteiger partial charge in [-0.25, -0.2) is 0 Å². The average Bonchev–Trinajstić information content (AvgIpc) is 2.46. The van der Waals surface area contributed by atoms with E-state index in [4.69, 9.17) is 4.74 Å². The molecule has 0 heterocycles. The second-order valence-electron chi connectivity index (χ2n) is 5.69. The van der Waals surface area contributed by atoms with Crippen LogP contribution in [0.5, 0.6) is 5.75 Å². The molecule has 0 fully saturated rings. The van der Waals surface area contributed by atoms with Crippen LogP contribution in [-0.2, 0) is 0 Å². The summed E-state index contributed by atoms with van der Waals surface area (Å²) in [5.74, 6) is 0.822. The second kappa shape index (κ2) is 7.12. The first kappa shape index (κ1) is 16.1. The smallest absolute Gasteiger partial charge is 0.251 e. The van der Waals surface area contributed by atoms with Crippen LogP contribution in [0.2, 0.25) is 0 Å². The van der Waals surface area contributed by atoms with Crippen LogP contribution in [0.25, 0.3) is 0 Å². The van der Waals surface area contributed by atoms with E-state index < -0.39 is 0 Å². The zero-order valence-corrected chi connectivity index (χ0v) is 13.7. The molecule has 0 aliphatic heterocycles. The van der Waals surface area contributed by atoms with Crippen molar-refractivity contribution in [3.8, 4) is 5.75 Å². The topological polar surface area (TPSA) is 38.3 Å². The van der Waals surface area contributed by atoms with Gasteiger partial charge in [0.1, 0.15) is 12.4 Å². The first-order chi connectivity index (χ1) is 10.5. The van der Waals surface area contributed by atoms with Crippen molar-refractivity contribution in [1.29, 1.82) is 0 Å². The van der Waals surface area contributed by atoms with E-state index in [1.165, 1.54) is 5.56 Å². The third-order valence-corrected chi connectivity index (χ3v) is 3.62. The highest BCUT2D eigenvalue weighted by Crippen LogP contribution is 2.18. The lowest BCUT2D eigenvalue weighted by Gasteiger charge is -2.11. The molecule has 1 N–H and O–H groups in total. The highest BCUT2D eigenvalue weighted by atomic mass is 16.5. The van der Waals surface area contributed by atoms with E-state index in [1.54, 1.807) is 0 Å². The number of hydrogen-bond acceptors (Lipinski definition) is 2. The number of rotatable bonds is 5. The third-order valence-electron chi connectivity index (χ3n) is 3.62. The van der Waals surface area contributed by atoms with Gasteiger partial charge in [0.15, 0.2) is 0 Å². The summed E-state index contributed by atoms with van der Waals surface area (Å²) >= 11 is 0. The Morgan fingerprint density at radius 2 is 1.64 bits per heavy atom. The SMILES string of the molecule is Cc1ccc(C(=O)NCCOc2cc(C)ccc2C)c(C)c1. The summed E-state index contributed by atoms with van der Waals surface area (Å²) < 4.78 is 5.74.